The second-order valence-electron chi connectivity index (χ2n) is 7.07. The van der Waals surface area contributed by atoms with Crippen LogP contribution < -0.4 is 5.32 Å². The standard InChI is InChI=1S/C23H24N4O/c1-4-14-26-22(24-20-13-9-8-12-19(20)23(26)28)21-16(2)25-27(17(21)3)15-18-10-6-5-7-11-18/h4-13,22,24H,1,14-15H2,2-3H3. The number of rotatable bonds is 5. The molecular formula is C23H24N4O. The number of benzene rings is 2. The molecule has 1 amide bonds. The molecule has 0 bridgehead atoms. The Morgan fingerprint density at radius 1 is 1.11 bits per heavy atom. The number of para-hydroxylation sites is 1. The minimum atomic E-state index is -0.273. The van der Waals surface area contributed by atoms with E-state index in [-0.39, 0.29) is 12.1 Å². The van der Waals surface area contributed by atoms with Crippen LogP contribution in [0.5, 0.6) is 0 Å². The van der Waals surface area contributed by atoms with Crippen molar-refractivity contribution in [1.82, 2.24) is 14.7 Å². The Hall–Kier alpha value is -3.34. The normalized spacial score (nSPS) is 15.9. The molecule has 1 aliphatic heterocycles. The maximum atomic E-state index is 13.1. The summed E-state index contributed by atoms with van der Waals surface area (Å²) < 4.78 is 2.01. The van der Waals surface area contributed by atoms with E-state index in [4.69, 9.17) is 5.10 Å². The lowest BCUT2D eigenvalue weighted by Gasteiger charge is -2.37. The summed E-state index contributed by atoms with van der Waals surface area (Å²) in [4.78, 5) is 14.9. The van der Waals surface area contributed by atoms with Crippen LogP contribution in [0.3, 0.4) is 0 Å². The highest BCUT2D eigenvalue weighted by molar-refractivity contribution is 6.01. The molecular weight excluding hydrogens is 348 g/mol. The predicted molar refractivity (Wildman–Crippen MR) is 111 cm³/mol. The van der Waals surface area contributed by atoms with Crippen LogP contribution in [0.15, 0.2) is 67.3 Å². The Kier molecular flexibility index (Phi) is 4.74. The Labute approximate surface area is 165 Å². The molecule has 5 heteroatoms. The number of nitrogens with one attached hydrogen (secondary N) is 1. The van der Waals surface area contributed by atoms with Crippen LogP contribution in [0.25, 0.3) is 0 Å². The smallest absolute Gasteiger partial charge is 0.258 e. The van der Waals surface area contributed by atoms with E-state index in [1.54, 1.807) is 6.08 Å². The van der Waals surface area contributed by atoms with Gasteiger partial charge >= 0.3 is 0 Å². The zero-order valence-electron chi connectivity index (χ0n) is 16.2. The lowest BCUT2D eigenvalue weighted by Crippen LogP contribution is -2.43. The van der Waals surface area contributed by atoms with Crippen molar-refractivity contribution in [3.05, 3.63) is 95.3 Å². The van der Waals surface area contributed by atoms with Crippen molar-refractivity contribution in [3.8, 4) is 0 Å². The molecule has 3 aromatic rings. The predicted octanol–water partition coefficient (Wildman–Crippen LogP) is 4.30. The lowest BCUT2D eigenvalue weighted by molar-refractivity contribution is 0.0706. The molecule has 1 aliphatic rings. The Morgan fingerprint density at radius 3 is 2.57 bits per heavy atom. The van der Waals surface area contributed by atoms with Gasteiger partial charge in [0.15, 0.2) is 0 Å². The molecule has 2 aromatic carbocycles. The maximum Gasteiger partial charge on any atom is 0.258 e. The maximum absolute atomic E-state index is 13.1. The second kappa shape index (κ2) is 7.35. The number of carbonyl (C=O) groups excluding carboxylic acids is 1. The Morgan fingerprint density at radius 2 is 1.82 bits per heavy atom. The van der Waals surface area contributed by atoms with E-state index in [9.17, 15) is 4.79 Å². The first-order valence-corrected chi connectivity index (χ1v) is 9.45. The van der Waals surface area contributed by atoms with Crippen molar-refractivity contribution in [1.29, 1.82) is 0 Å². The topological polar surface area (TPSA) is 50.2 Å². The van der Waals surface area contributed by atoms with Gasteiger partial charge in [0.2, 0.25) is 0 Å². The minimum Gasteiger partial charge on any atom is -0.361 e. The van der Waals surface area contributed by atoms with Crippen molar-refractivity contribution < 1.29 is 4.79 Å². The van der Waals surface area contributed by atoms with E-state index >= 15 is 0 Å². The first kappa shape index (κ1) is 18.0. The van der Waals surface area contributed by atoms with Crippen molar-refractivity contribution in [2.75, 3.05) is 11.9 Å². The van der Waals surface area contributed by atoms with Gasteiger partial charge in [0.25, 0.3) is 5.91 Å². The van der Waals surface area contributed by atoms with Gasteiger partial charge in [-0.2, -0.15) is 5.10 Å². The molecule has 2 heterocycles. The Bertz CT molecular complexity index is 1020. The molecule has 1 aromatic heterocycles. The van der Waals surface area contributed by atoms with Crippen LogP contribution in [0, 0.1) is 13.8 Å². The summed E-state index contributed by atoms with van der Waals surface area (Å²) in [5, 5.41) is 8.31. The molecule has 28 heavy (non-hydrogen) atoms. The minimum absolute atomic E-state index is 0.00820. The van der Waals surface area contributed by atoms with Crippen LogP contribution in [0.4, 0.5) is 5.69 Å². The third kappa shape index (κ3) is 3.09. The number of hydrogen-bond acceptors (Lipinski definition) is 3. The van der Waals surface area contributed by atoms with Crippen molar-refractivity contribution in [3.63, 3.8) is 0 Å². The number of hydrogen-bond donors (Lipinski definition) is 1. The summed E-state index contributed by atoms with van der Waals surface area (Å²) in [5.41, 5.74) is 5.76. The van der Waals surface area contributed by atoms with Gasteiger partial charge in [-0.15, -0.1) is 6.58 Å². The molecule has 0 saturated carbocycles. The van der Waals surface area contributed by atoms with Crippen molar-refractivity contribution in [2.45, 2.75) is 26.6 Å². The molecule has 0 aliphatic carbocycles. The molecule has 1 unspecified atom stereocenters. The lowest BCUT2D eigenvalue weighted by atomic mass is 10.0. The van der Waals surface area contributed by atoms with Crippen LogP contribution in [0.2, 0.25) is 0 Å². The van der Waals surface area contributed by atoms with Gasteiger partial charge in [-0.25, -0.2) is 0 Å². The third-order valence-corrected chi connectivity index (χ3v) is 5.23. The number of aryl methyl sites for hydroxylation is 1. The average Bonchev–Trinajstić information content (AvgIpc) is 2.98. The molecule has 0 saturated heterocycles. The fourth-order valence-corrected chi connectivity index (χ4v) is 3.86. The van der Waals surface area contributed by atoms with E-state index in [1.807, 2.05) is 59.0 Å². The van der Waals surface area contributed by atoms with Crippen LogP contribution in [0.1, 0.15) is 39.0 Å². The molecule has 1 atom stereocenters. The van der Waals surface area contributed by atoms with E-state index in [2.05, 4.69) is 31.0 Å². The third-order valence-electron chi connectivity index (χ3n) is 5.23. The summed E-state index contributed by atoms with van der Waals surface area (Å²) in [7, 11) is 0. The first-order chi connectivity index (χ1) is 13.6. The quantitative estimate of drug-likeness (QED) is 0.680. The van der Waals surface area contributed by atoms with Crippen molar-refractivity contribution >= 4 is 11.6 Å². The van der Waals surface area contributed by atoms with E-state index in [1.165, 1.54) is 5.56 Å². The number of nitrogens with zero attached hydrogens (tertiary/aromatic N) is 3. The molecule has 142 valence electrons. The molecule has 0 fully saturated rings. The van der Waals surface area contributed by atoms with E-state index < -0.39 is 0 Å². The van der Waals surface area contributed by atoms with Gasteiger partial charge in [0, 0.05) is 23.5 Å². The summed E-state index contributed by atoms with van der Waals surface area (Å²) >= 11 is 0. The SMILES string of the molecule is C=CCN1C(=O)c2ccccc2NC1c1c(C)nn(Cc2ccccc2)c1C. The van der Waals surface area contributed by atoms with Gasteiger partial charge in [-0.3, -0.25) is 9.48 Å². The van der Waals surface area contributed by atoms with Crippen LogP contribution in [-0.4, -0.2) is 27.1 Å². The summed E-state index contributed by atoms with van der Waals surface area (Å²) in [6.45, 7) is 9.07. The largest absolute Gasteiger partial charge is 0.361 e. The zero-order chi connectivity index (χ0) is 19.7. The summed E-state index contributed by atoms with van der Waals surface area (Å²) in [6.07, 6.45) is 1.49. The number of aromatic nitrogens is 2. The number of anilines is 1. The summed E-state index contributed by atoms with van der Waals surface area (Å²) in [5.74, 6) is 0.00820. The fourth-order valence-electron chi connectivity index (χ4n) is 3.86. The fraction of sp³-hybridized carbons (Fsp3) is 0.217. The van der Waals surface area contributed by atoms with Gasteiger partial charge in [-0.05, 0) is 31.5 Å². The highest BCUT2D eigenvalue weighted by Crippen LogP contribution is 2.35. The number of amides is 1. The van der Waals surface area contributed by atoms with Crippen molar-refractivity contribution in [2.24, 2.45) is 0 Å². The number of fused-ring (bicyclic) bond motifs is 1. The van der Waals surface area contributed by atoms with Gasteiger partial charge in [0.05, 0.1) is 17.8 Å². The second-order valence-corrected chi connectivity index (χ2v) is 7.07. The number of carbonyl (C=O) groups is 1. The Balaban J connectivity index is 1.75. The molecule has 4 rings (SSSR count). The first-order valence-electron chi connectivity index (χ1n) is 9.45. The van der Waals surface area contributed by atoms with Gasteiger partial charge in [-0.1, -0.05) is 48.5 Å². The molecule has 1 N–H and O–H groups in total. The molecule has 0 spiro atoms. The highest BCUT2D eigenvalue weighted by atomic mass is 16.2. The van der Waals surface area contributed by atoms with Gasteiger partial charge < -0.3 is 10.2 Å². The molecule has 0 radical (unpaired) electrons. The monoisotopic (exact) mass is 372 g/mol. The van der Waals surface area contributed by atoms with E-state index in [0.29, 0.717) is 18.7 Å². The van der Waals surface area contributed by atoms with Crippen LogP contribution >= 0.6 is 0 Å². The summed E-state index contributed by atoms with van der Waals surface area (Å²) in [6, 6.07) is 17.9. The van der Waals surface area contributed by atoms with Gasteiger partial charge in [0.1, 0.15) is 6.17 Å². The highest BCUT2D eigenvalue weighted by Gasteiger charge is 2.35. The molecule has 5 nitrogen and oxygen atoms in total. The average molecular weight is 372 g/mol. The van der Waals surface area contributed by atoms with Crippen LogP contribution in [-0.2, 0) is 6.54 Å². The zero-order valence-corrected chi connectivity index (χ0v) is 16.2. The van der Waals surface area contributed by atoms with E-state index in [0.717, 1.165) is 22.6 Å².